The molecule has 0 saturated heterocycles. The lowest BCUT2D eigenvalue weighted by Crippen LogP contribution is -2.03. The van der Waals surface area contributed by atoms with Crippen molar-refractivity contribution in [1.82, 2.24) is 4.98 Å². The first-order chi connectivity index (χ1) is 5.54. The maximum absolute atomic E-state index is 10.7. The molecular formula is C8H8ClNO2. The largest absolute Gasteiger partial charge is 0.478 e. The summed E-state index contributed by atoms with van der Waals surface area (Å²) in [6.45, 7) is 3.44. The van der Waals surface area contributed by atoms with Crippen LogP contribution in [0.4, 0.5) is 0 Å². The lowest BCUT2D eigenvalue weighted by atomic mass is 10.1. The minimum Gasteiger partial charge on any atom is -0.478 e. The van der Waals surface area contributed by atoms with Gasteiger partial charge in [-0.1, -0.05) is 11.6 Å². The second-order valence-corrected chi connectivity index (χ2v) is 2.90. The molecule has 0 saturated carbocycles. The Morgan fingerprint density at radius 1 is 1.58 bits per heavy atom. The summed E-state index contributed by atoms with van der Waals surface area (Å²) >= 11 is 5.65. The van der Waals surface area contributed by atoms with Gasteiger partial charge in [0.25, 0.3) is 0 Å². The molecule has 0 bridgehead atoms. The van der Waals surface area contributed by atoms with Gasteiger partial charge in [-0.05, 0) is 19.4 Å². The average Bonchev–Trinajstić information content (AvgIpc) is 1.97. The maximum Gasteiger partial charge on any atom is 0.337 e. The number of aromatic nitrogens is 1. The summed E-state index contributed by atoms with van der Waals surface area (Å²) in [5.41, 5.74) is 1.45. The molecule has 1 N–H and O–H groups in total. The number of nitrogens with zero attached hydrogens (tertiary/aromatic N) is 1. The molecule has 0 aromatic carbocycles. The number of aryl methyl sites for hydroxylation is 1. The number of carboxylic acids is 1. The monoisotopic (exact) mass is 185 g/mol. The first-order valence-electron chi connectivity index (χ1n) is 3.39. The minimum absolute atomic E-state index is 0.143. The molecule has 1 rings (SSSR count). The average molecular weight is 186 g/mol. The smallest absolute Gasteiger partial charge is 0.337 e. The quantitative estimate of drug-likeness (QED) is 0.729. The SMILES string of the molecule is Cc1ncc(Cl)c(C(=O)O)c1C. The Balaban J connectivity index is 3.43. The second kappa shape index (κ2) is 3.11. The summed E-state index contributed by atoms with van der Waals surface area (Å²) in [5.74, 6) is -1.01. The van der Waals surface area contributed by atoms with Crippen LogP contribution in [0.1, 0.15) is 21.6 Å². The molecule has 1 aromatic rings. The number of aromatic carboxylic acids is 1. The van der Waals surface area contributed by atoms with Crippen LogP contribution in [-0.4, -0.2) is 16.1 Å². The van der Waals surface area contributed by atoms with Crippen LogP contribution in [0.5, 0.6) is 0 Å². The zero-order valence-electron chi connectivity index (χ0n) is 6.76. The third-order valence-electron chi connectivity index (χ3n) is 1.74. The highest BCUT2D eigenvalue weighted by Gasteiger charge is 2.13. The molecule has 12 heavy (non-hydrogen) atoms. The fourth-order valence-corrected chi connectivity index (χ4v) is 1.21. The highest BCUT2D eigenvalue weighted by Crippen LogP contribution is 2.20. The van der Waals surface area contributed by atoms with Crippen LogP contribution in [-0.2, 0) is 0 Å². The molecule has 0 aliphatic heterocycles. The van der Waals surface area contributed by atoms with Crippen molar-refractivity contribution >= 4 is 17.6 Å². The van der Waals surface area contributed by atoms with Gasteiger partial charge < -0.3 is 5.11 Å². The van der Waals surface area contributed by atoms with Crippen molar-refractivity contribution in [3.05, 3.63) is 28.0 Å². The molecule has 3 nitrogen and oxygen atoms in total. The molecule has 0 amide bonds. The molecule has 1 heterocycles. The van der Waals surface area contributed by atoms with Gasteiger partial charge in [-0.25, -0.2) is 4.79 Å². The Morgan fingerprint density at radius 2 is 2.17 bits per heavy atom. The van der Waals surface area contributed by atoms with Gasteiger partial charge in [-0.3, -0.25) is 4.98 Å². The van der Waals surface area contributed by atoms with E-state index >= 15 is 0 Å². The standard InChI is InChI=1S/C8H8ClNO2/c1-4-5(2)10-3-6(9)7(4)8(11)12/h3H,1-2H3,(H,11,12). The number of carbonyl (C=O) groups is 1. The van der Waals surface area contributed by atoms with Gasteiger partial charge in [0.05, 0.1) is 10.6 Å². The first-order valence-corrected chi connectivity index (χ1v) is 3.77. The fraction of sp³-hybridized carbons (Fsp3) is 0.250. The second-order valence-electron chi connectivity index (χ2n) is 2.50. The molecule has 0 spiro atoms. The van der Waals surface area contributed by atoms with Crippen LogP contribution >= 0.6 is 11.6 Å². The molecule has 64 valence electrons. The van der Waals surface area contributed by atoms with Crippen LogP contribution in [0, 0.1) is 13.8 Å². The van der Waals surface area contributed by atoms with Crippen molar-refractivity contribution in [2.24, 2.45) is 0 Å². The van der Waals surface area contributed by atoms with Gasteiger partial charge in [-0.15, -0.1) is 0 Å². The van der Waals surface area contributed by atoms with Crippen LogP contribution < -0.4 is 0 Å². The summed E-state index contributed by atoms with van der Waals surface area (Å²) in [6, 6.07) is 0. The van der Waals surface area contributed by atoms with Crippen LogP contribution in [0.25, 0.3) is 0 Å². The molecule has 1 aromatic heterocycles. The van der Waals surface area contributed by atoms with Crippen molar-refractivity contribution in [2.45, 2.75) is 13.8 Å². The number of hydrogen-bond donors (Lipinski definition) is 1. The van der Waals surface area contributed by atoms with Crippen LogP contribution in [0.2, 0.25) is 5.02 Å². The maximum atomic E-state index is 10.7. The molecular weight excluding hydrogens is 178 g/mol. The topological polar surface area (TPSA) is 50.2 Å². The van der Waals surface area contributed by atoms with E-state index in [1.807, 2.05) is 0 Å². The minimum atomic E-state index is -1.01. The van der Waals surface area contributed by atoms with Crippen LogP contribution in [0.3, 0.4) is 0 Å². The Hall–Kier alpha value is -1.09. The van der Waals surface area contributed by atoms with Gasteiger partial charge in [0.1, 0.15) is 0 Å². The van der Waals surface area contributed by atoms with E-state index in [2.05, 4.69) is 4.98 Å². The van der Waals surface area contributed by atoms with Gasteiger partial charge in [-0.2, -0.15) is 0 Å². The van der Waals surface area contributed by atoms with Crippen molar-refractivity contribution in [1.29, 1.82) is 0 Å². The third kappa shape index (κ3) is 1.41. The van der Waals surface area contributed by atoms with Gasteiger partial charge in [0, 0.05) is 11.9 Å². The summed E-state index contributed by atoms with van der Waals surface area (Å²) in [5, 5.41) is 8.94. The van der Waals surface area contributed by atoms with Gasteiger partial charge >= 0.3 is 5.97 Å². The van der Waals surface area contributed by atoms with E-state index in [-0.39, 0.29) is 10.6 Å². The Labute approximate surface area is 75.0 Å². The van der Waals surface area contributed by atoms with E-state index in [9.17, 15) is 4.79 Å². The molecule has 0 aliphatic rings. The van der Waals surface area contributed by atoms with Crippen molar-refractivity contribution in [2.75, 3.05) is 0 Å². The lowest BCUT2D eigenvalue weighted by Gasteiger charge is -2.04. The summed E-state index contributed by atoms with van der Waals surface area (Å²) in [4.78, 5) is 14.6. The predicted molar refractivity (Wildman–Crippen MR) is 45.7 cm³/mol. The number of rotatable bonds is 1. The first kappa shape index (κ1) is 9.00. The summed E-state index contributed by atoms with van der Waals surface area (Å²) < 4.78 is 0. The Morgan fingerprint density at radius 3 is 2.58 bits per heavy atom. The van der Waals surface area contributed by atoms with Crippen molar-refractivity contribution in [3.8, 4) is 0 Å². The molecule has 4 heteroatoms. The highest BCUT2D eigenvalue weighted by atomic mass is 35.5. The molecule has 0 fully saturated rings. The number of hydrogen-bond acceptors (Lipinski definition) is 2. The van der Waals surface area contributed by atoms with E-state index in [1.165, 1.54) is 6.20 Å². The molecule has 0 aliphatic carbocycles. The zero-order chi connectivity index (χ0) is 9.30. The normalized spacial score (nSPS) is 9.92. The lowest BCUT2D eigenvalue weighted by molar-refractivity contribution is 0.0696. The summed E-state index contributed by atoms with van der Waals surface area (Å²) in [6.07, 6.45) is 1.35. The molecule has 0 radical (unpaired) electrons. The Bertz CT molecular complexity index is 336. The zero-order valence-corrected chi connectivity index (χ0v) is 7.51. The molecule has 0 unspecified atom stereocenters. The van der Waals surface area contributed by atoms with Crippen molar-refractivity contribution < 1.29 is 9.90 Å². The highest BCUT2D eigenvalue weighted by molar-refractivity contribution is 6.33. The van der Waals surface area contributed by atoms with Crippen LogP contribution in [0.15, 0.2) is 6.20 Å². The van der Waals surface area contributed by atoms with E-state index in [0.717, 1.165) is 0 Å². The predicted octanol–water partition coefficient (Wildman–Crippen LogP) is 2.05. The number of carboxylic acid groups (broad SMARTS) is 1. The van der Waals surface area contributed by atoms with E-state index in [0.29, 0.717) is 11.3 Å². The van der Waals surface area contributed by atoms with E-state index < -0.39 is 5.97 Å². The van der Waals surface area contributed by atoms with E-state index in [1.54, 1.807) is 13.8 Å². The summed E-state index contributed by atoms with van der Waals surface area (Å²) in [7, 11) is 0. The van der Waals surface area contributed by atoms with Gasteiger partial charge in [0.15, 0.2) is 0 Å². The van der Waals surface area contributed by atoms with Crippen molar-refractivity contribution in [3.63, 3.8) is 0 Å². The third-order valence-corrected chi connectivity index (χ3v) is 2.03. The van der Waals surface area contributed by atoms with Gasteiger partial charge in [0.2, 0.25) is 0 Å². The molecule has 0 atom stereocenters. The van der Waals surface area contributed by atoms with E-state index in [4.69, 9.17) is 16.7 Å². The number of halogens is 1. The Kier molecular flexibility index (Phi) is 2.33. The number of pyridine rings is 1. The fourth-order valence-electron chi connectivity index (χ4n) is 0.937.